The normalized spacial score (nSPS) is 17.5. The first-order chi connectivity index (χ1) is 14.2. The van der Waals surface area contributed by atoms with Crippen LogP contribution >= 0.6 is 11.6 Å². The molecule has 0 bridgehead atoms. The third-order valence-electron chi connectivity index (χ3n) is 5.60. The molecule has 2 aromatic rings. The summed E-state index contributed by atoms with van der Waals surface area (Å²) in [5.41, 5.74) is 0.886. The van der Waals surface area contributed by atoms with Crippen molar-refractivity contribution in [3.8, 4) is 5.75 Å². The molecular weight excluding hydrogens is 424 g/mol. The predicted octanol–water partition coefficient (Wildman–Crippen LogP) is 4.30. The number of para-hydroxylation sites is 1. The Morgan fingerprint density at radius 3 is 2.53 bits per heavy atom. The summed E-state index contributed by atoms with van der Waals surface area (Å²) in [5.74, 6) is 0.371. The number of benzene rings is 2. The lowest BCUT2D eigenvalue weighted by molar-refractivity contribution is -0.121. The van der Waals surface area contributed by atoms with E-state index < -0.39 is 10.0 Å². The number of hydrogen-bond donors (Lipinski definition) is 1. The zero-order valence-electron chi connectivity index (χ0n) is 17.4. The third-order valence-corrected chi connectivity index (χ3v) is 6.98. The molecule has 0 aliphatic carbocycles. The molecule has 1 N–H and O–H groups in total. The molecular formula is C22H27ClN2O4S. The summed E-state index contributed by atoms with van der Waals surface area (Å²) in [5, 5.41) is 3.43. The number of sulfonamides is 1. The number of fused-ring (bicyclic) bond motifs is 1. The highest BCUT2D eigenvalue weighted by molar-refractivity contribution is 7.92. The van der Waals surface area contributed by atoms with E-state index in [1.54, 1.807) is 18.2 Å². The van der Waals surface area contributed by atoms with Crippen molar-refractivity contribution in [2.24, 2.45) is 0 Å². The second-order valence-electron chi connectivity index (χ2n) is 7.60. The molecule has 0 saturated heterocycles. The maximum absolute atomic E-state index is 12.9. The van der Waals surface area contributed by atoms with E-state index in [2.05, 4.69) is 19.2 Å². The Kier molecular flexibility index (Phi) is 6.62. The first-order valence-electron chi connectivity index (χ1n) is 9.98. The second kappa shape index (κ2) is 8.86. The van der Waals surface area contributed by atoms with Gasteiger partial charge in [-0.3, -0.25) is 9.10 Å². The fraction of sp³-hybridized carbons (Fsp3) is 0.409. The maximum Gasteiger partial charge on any atom is 0.241 e. The quantitative estimate of drug-likeness (QED) is 0.682. The number of ether oxygens (including phenoxy) is 1. The Hall–Kier alpha value is -2.25. The van der Waals surface area contributed by atoms with Gasteiger partial charge in [0.2, 0.25) is 15.9 Å². The minimum Gasteiger partial charge on any atom is -0.487 e. The van der Waals surface area contributed by atoms with Crippen molar-refractivity contribution >= 4 is 33.2 Å². The number of carbonyl (C=O) groups is 1. The zero-order chi connectivity index (χ0) is 21.9. The average Bonchev–Trinajstić information content (AvgIpc) is 2.71. The number of anilines is 1. The molecule has 3 rings (SSSR count). The number of amides is 1. The first-order valence-corrected chi connectivity index (χ1v) is 12.2. The van der Waals surface area contributed by atoms with E-state index in [4.69, 9.17) is 16.3 Å². The number of rotatable bonds is 7. The molecule has 1 atom stereocenters. The minimum atomic E-state index is -3.67. The van der Waals surface area contributed by atoms with Gasteiger partial charge < -0.3 is 10.1 Å². The molecule has 0 saturated carbocycles. The molecule has 1 amide bonds. The number of carbonyl (C=O) groups excluding carboxylic acids is 1. The summed E-state index contributed by atoms with van der Waals surface area (Å²) in [4.78, 5) is 12.9. The van der Waals surface area contributed by atoms with Gasteiger partial charge in [0.05, 0.1) is 18.0 Å². The van der Waals surface area contributed by atoms with Gasteiger partial charge in [-0.05, 0) is 37.1 Å². The van der Waals surface area contributed by atoms with Crippen molar-refractivity contribution in [1.29, 1.82) is 0 Å². The number of nitrogens with zero attached hydrogens (tertiary/aromatic N) is 1. The van der Waals surface area contributed by atoms with Gasteiger partial charge in [0.1, 0.15) is 17.9 Å². The van der Waals surface area contributed by atoms with Gasteiger partial charge in [-0.15, -0.1) is 0 Å². The van der Waals surface area contributed by atoms with Gasteiger partial charge in [-0.1, -0.05) is 49.7 Å². The van der Waals surface area contributed by atoms with Crippen LogP contribution in [0.1, 0.15) is 44.7 Å². The number of hydrogen-bond acceptors (Lipinski definition) is 4. The van der Waals surface area contributed by atoms with Crippen LogP contribution in [0, 0.1) is 0 Å². The van der Waals surface area contributed by atoms with Crippen molar-refractivity contribution < 1.29 is 17.9 Å². The summed E-state index contributed by atoms with van der Waals surface area (Å²) in [6.07, 6.45) is 3.31. The van der Waals surface area contributed by atoms with Gasteiger partial charge >= 0.3 is 0 Å². The topological polar surface area (TPSA) is 75.7 Å². The molecule has 8 heteroatoms. The highest BCUT2D eigenvalue weighted by atomic mass is 35.5. The fourth-order valence-electron chi connectivity index (χ4n) is 3.83. The number of halogens is 1. The Bertz CT molecular complexity index is 1020. The average molecular weight is 451 g/mol. The lowest BCUT2D eigenvalue weighted by Crippen LogP contribution is -2.47. The highest BCUT2D eigenvalue weighted by Crippen LogP contribution is 2.42. The molecule has 30 heavy (non-hydrogen) atoms. The molecule has 2 aromatic carbocycles. The van der Waals surface area contributed by atoms with E-state index in [1.165, 1.54) is 6.07 Å². The van der Waals surface area contributed by atoms with Crippen LogP contribution < -0.4 is 14.4 Å². The van der Waals surface area contributed by atoms with Gasteiger partial charge in [0.15, 0.2) is 0 Å². The molecule has 1 aliphatic heterocycles. The van der Waals surface area contributed by atoms with Crippen molar-refractivity contribution in [1.82, 2.24) is 5.32 Å². The summed E-state index contributed by atoms with van der Waals surface area (Å²) in [7, 11) is -3.67. The SMILES string of the molecule is CCC1(CC)C[C@@H](NC(=O)CN(c2cccc(Cl)c2)S(C)(=O)=O)c2ccccc2O1. The second-order valence-corrected chi connectivity index (χ2v) is 9.95. The Labute approximate surface area is 183 Å². The van der Waals surface area contributed by atoms with E-state index in [0.29, 0.717) is 17.1 Å². The Morgan fingerprint density at radius 1 is 1.20 bits per heavy atom. The van der Waals surface area contributed by atoms with Crippen LogP contribution in [0.15, 0.2) is 48.5 Å². The summed E-state index contributed by atoms with van der Waals surface area (Å²) in [6, 6.07) is 13.8. The predicted molar refractivity (Wildman–Crippen MR) is 120 cm³/mol. The number of nitrogens with one attached hydrogen (secondary N) is 1. The highest BCUT2D eigenvalue weighted by Gasteiger charge is 2.39. The molecule has 1 aliphatic rings. The van der Waals surface area contributed by atoms with Crippen LogP contribution in [-0.4, -0.2) is 32.7 Å². The van der Waals surface area contributed by atoms with Gasteiger partial charge in [-0.25, -0.2) is 8.42 Å². The van der Waals surface area contributed by atoms with Crippen LogP contribution in [0.5, 0.6) is 5.75 Å². The molecule has 1 heterocycles. The molecule has 0 spiro atoms. The van der Waals surface area contributed by atoms with Gasteiger partial charge in [0, 0.05) is 17.0 Å². The molecule has 0 aromatic heterocycles. The zero-order valence-corrected chi connectivity index (χ0v) is 19.0. The molecule has 162 valence electrons. The molecule has 0 unspecified atom stereocenters. The van der Waals surface area contributed by atoms with E-state index in [9.17, 15) is 13.2 Å². The molecule has 0 radical (unpaired) electrons. The van der Waals surface area contributed by atoms with Gasteiger partial charge in [-0.2, -0.15) is 0 Å². The van der Waals surface area contributed by atoms with Crippen LogP contribution in [0.25, 0.3) is 0 Å². The van der Waals surface area contributed by atoms with Crippen molar-refractivity contribution in [3.63, 3.8) is 0 Å². The maximum atomic E-state index is 12.9. The Balaban J connectivity index is 1.85. The van der Waals surface area contributed by atoms with E-state index in [1.807, 2.05) is 24.3 Å². The van der Waals surface area contributed by atoms with E-state index in [-0.39, 0.29) is 24.1 Å². The van der Waals surface area contributed by atoms with Crippen LogP contribution in [0.3, 0.4) is 0 Å². The largest absolute Gasteiger partial charge is 0.487 e. The smallest absolute Gasteiger partial charge is 0.241 e. The lowest BCUT2D eigenvalue weighted by atomic mass is 9.83. The fourth-order valence-corrected chi connectivity index (χ4v) is 4.86. The van der Waals surface area contributed by atoms with Crippen molar-refractivity contribution in [2.75, 3.05) is 17.1 Å². The Morgan fingerprint density at radius 2 is 1.90 bits per heavy atom. The minimum absolute atomic E-state index is 0.261. The van der Waals surface area contributed by atoms with E-state index in [0.717, 1.165) is 34.7 Å². The van der Waals surface area contributed by atoms with Crippen molar-refractivity contribution in [2.45, 2.75) is 44.8 Å². The van der Waals surface area contributed by atoms with Crippen LogP contribution in [0.4, 0.5) is 5.69 Å². The monoisotopic (exact) mass is 450 g/mol. The first kappa shape index (κ1) is 22.4. The van der Waals surface area contributed by atoms with Gasteiger partial charge in [0.25, 0.3) is 0 Å². The van der Waals surface area contributed by atoms with Crippen molar-refractivity contribution in [3.05, 3.63) is 59.1 Å². The molecule has 0 fully saturated rings. The van der Waals surface area contributed by atoms with Crippen LogP contribution in [0.2, 0.25) is 5.02 Å². The standard InChI is InChI=1S/C22H27ClN2O4S/c1-4-22(5-2)14-19(18-11-6-7-12-20(18)29-22)24-21(26)15-25(30(3,27)28)17-10-8-9-16(23)13-17/h6-13,19H,4-5,14-15H2,1-3H3,(H,24,26)/t19-/m1/s1. The lowest BCUT2D eigenvalue weighted by Gasteiger charge is -2.41. The molecule has 6 nitrogen and oxygen atoms in total. The summed E-state index contributed by atoms with van der Waals surface area (Å²) >= 11 is 6.01. The van der Waals surface area contributed by atoms with E-state index >= 15 is 0 Å². The third kappa shape index (κ3) is 4.90. The van der Waals surface area contributed by atoms with Crippen LogP contribution in [-0.2, 0) is 14.8 Å². The summed E-state index contributed by atoms with van der Waals surface area (Å²) in [6.45, 7) is 3.81. The summed E-state index contributed by atoms with van der Waals surface area (Å²) < 4.78 is 32.0.